The van der Waals surface area contributed by atoms with Crippen LogP contribution in [0.1, 0.15) is 55.8 Å². The molecular formula is C18H22O. The molecule has 1 saturated carbocycles. The molecule has 2 fully saturated rings. The monoisotopic (exact) mass is 254 g/mol. The summed E-state index contributed by atoms with van der Waals surface area (Å²) in [7, 11) is 0. The van der Waals surface area contributed by atoms with Gasteiger partial charge in [0.15, 0.2) is 0 Å². The minimum atomic E-state index is 0.302. The fraction of sp³-hybridized carbons (Fsp3) is 0.556. The van der Waals surface area contributed by atoms with Crippen LogP contribution in [0.25, 0.3) is 5.57 Å². The highest BCUT2D eigenvalue weighted by Gasteiger charge is 2.45. The first kappa shape index (κ1) is 11.7. The predicted octanol–water partition coefficient (Wildman–Crippen LogP) is 4.74. The van der Waals surface area contributed by atoms with E-state index in [4.69, 9.17) is 4.74 Å². The van der Waals surface area contributed by atoms with Gasteiger partial charge in [0.2, 0.25) is 0 Å². The van der Waals surface area contributed by atoms with Crippen molar-refractivity contribution in [2.75, 3.05) is 0 Å². The number of fused-ring (bicyclic) bond motifs is 3. The third-order valence-corrected chi connectivity index (χ3v) is 5.41. The number of ether oxygens (including phenoxy) is 1. The lowest BCUT2D eigenvalue weighted by Gasteiger charge is -2.27. The molecule has 2 aliphatic carbocycles. The summed E-state index contributed by atoms with van der Waals surface area (Å²) in [6.45, 7) is 4.34. The predicted molar refractivity (Wildman–Crippen MR) is 77.8 cm³/mol. The molecule has 0 radical (unpaired) electrons. The van der Waals surface area contributed by atoms with Gasteiger partial charge in [0.25, 0.3) is 0 Å². The second kappa shape index (κ2) is 4.49. The summed E-state index contributed by atoms with van der Waals surface area (Å²) in [5, 5.41) is 0. The van der Waals surface area contributed by atoms with Crippen molar-refractivity contribution in [2.45, 2.75) is 50.7 Å². The first-order valence-electron chi connectivity index (χ1n) is 7.78. The summed E-state index contributed by atoms with van der Waals surface area (Å²) in [5.74, 6) is 1.35. The highest BCUT2D eigenvalue weighted by molar-refractivity contribution is 5.74. The summed E-state index contributed by atoms with van der Waals surface area (Å²) >= 11 is 0. The minimum Gasteiger partial charge on any atom is -0.369 e. The standard InChI is InChI=1S/C18H22O/c1-12-14-9-5-6-10-15(14)18-16(12)11-17(19-18)13-7-3-2-4-8-13/h5-6,9-10,13,16-18H,1-4,7-8,11H2/t16-,17+,18+/m0/s1. The molecule has 0 spiro atoms. The lowest BCUT2D eigenvalue weighted by Crippen LogP contribution is -2.22. The SMILES string of the molecule is C=C1c2ccccc2[C@H]2O[C@@H](C3CCCCC3)C[C@@H]12. The number of benzene rings is 1. The Hall–Kier alpha value is -1.08. The van der Waals surface area contributed by atoms with Crippen LogP contribution < -0.4 is 0 Å². The summed E-state index contributed by atoms with van der Waals surface area (Å²) in [6, 6.07) is 8.68. The Labute approximate surface area is 115 Å². The Bertz CT molecular complexity index is 498. The third-order valence-electron chi connectivity index (χ3n) is 5.41. The molecule has 1 nitrogen and oxygen atoms in total. The molecule has 0 bridgehead atoms. The van der Waals surface area contributed by atoms with Crippen molar-refractivity contribution in [2.24, 2.45) is 11.8 Å². The quantitative estimate of drug-likeness (QED) is 0.703. The molecule has 1 aromatic carbocycles. The minimum absolute atomic E-state index is 0.302. The highest BCUT2D eigenvalue weighted by Crippen LogP contribution is 2.54. The number of hydrogen-bond acceptors (Lipinski definition) is 1. The lowest BCUT2D eigenvalue weighted by atomic mass is 9.82. The molecule has 1 aromatic rings. The van der Waals surface area contributed by atoms with Gasteiger partial charge in [-0.1, -0.05) is 50.1 Å². The molecule has 1 saturated heterocycles. The Balaban J connectivity index is 1.58. The Morgan fingerprint density at radius 2 is 1.84 bits per heavy atom. The average Bonchev–Trinajstić information content (AvgIpc) is 3.01. The highest BCUT2D eigenvalue weighted by atomic mass is 16.5. The second-order valence-electron chi connectivity index (χ2n) is 6.45. The zero-order valence-electron chi connectivity index (χ0n) is 11.5. The van der Waals surface area contributed by atoms with Gasteiger partial charge in [0.05, 0.1) is 12.2 Å². The first-order valence-corrected chi connectivity index (χ1v) is 7.78. The fourth-order valence-corrected chi connectivity index (χ4v) is 4.37. The van der Waals surface area contributed by atoms with Crippen LogP contribution in [-0.4, -0.2) is 6.10 Å². The van der Waals surface area contributed by atoms with E-state index in [1.807, 2.05) is 0 Å². The summed E-state index contributed by atoms with van der Waals surface area (Å²) in [4.78, 5) is 0. The smallest absolute Gasteiger partial charge is 0.0904 e. The van der Waals surface area contributed by atoms with Crippen molar-refractivity contribution < 1.29 is 4.74 Å². The van der Waals surface area contributed by atoms with Crippen LogP contribution in [0.3, 0.4) is 0 Å². The Morgan fingerprint density at radius 3 is 2.68 bits per heavy atom. The van der Waals surface area contributed by atoms with Crippen LogP contribution in [0, 0.1) is 11.8 Å². The fourth-order valence-electron chi connectivity index (χ4n) is 4.37. The van der Waals surface area contributed by atoms with Crippen LogP contribution in [0.15, 0.2) is 30.8 Å². The molecule has 0 amide bonds. The van der Waals surface area contributed by atoms with Gasteiger partial charge in [-0.2, -0.15) is 0 Å². The van der Waals surface area contributed by atoms with Gasteiger partial charge in [-0.25, -0.2) is 0 Å². The van der Waals surface area contributed by atoms with Crippen molar-refractivity contribution >= 4 is 5.57 Å². The molecule has 1 heteroatoms. The average molecular weight is 254 g/mol. The number of rotatable bonds is 1. The van der Waals surface area contributed by atoms with Crippen molar-refractivity contribution in [3.8, 4) is 0 Å². The topological polar surface area (TPSA) is 9.23 Å². The van der Waals surface area contributed by atoms with Crippen LogP contribution in [0.4, 0.5) is 0 Å². The van der Waals surface area contributed by atoms with Crippen LogP contribution in [0.5, 0.6) is 0 Å². The summed E-state index contributed by atoms with van der Waals surface area (Å²) in [5.41, 5.74) is 4.05. The van der Waals surface area contributed by atoms with Crippen molar-refractivity contribution in [3.05, 3.63) is 42.0 Å². The van der Waals surface area contributed by atoms with E-state index in [1.165, 1.54) is 55.2 Å². The Kier molecular flexibility index (Phi) is 2.77. The van der Waals surface area contributed by atoms with E-state index in [1.54, 1.807) is 0 Å². The van der Waals surface area contributed by atoms with Gasteiger partial charge in [0, 0.05) is 5.92 Å². The maximum Gasteiger partial charge on any atom is 0.0904 e. The van der Waals surface area contributed by atoms with E-state index in [0.717, 1.165) is 5.92 Å². The van der Waals surface area contributed by atoms with Crippen molar-refractivity contribution in [3.63, 3.8) is 0 Å². The number of hydrogen-bond donors (Lipinski definition) is 0. The lowest BCUT2D eigenvalue weighted by molar-refractivity contribution is -0.00217. The Morgan fingerprint density at radius 1 is 1.05 bits per heavy atom. The maximum absolute atomic E-state index is 6.46. The zero-order valence-corrected chi connectivity index (χ0v) is 11.5. The second-order valence-corrected chi connectivity index (χ2v) is 6.45. The van der Waals surface area contributed by atoms with E-state index in [-0.39, 0.29) is 0 Å². The van der Waals surface area contributed by atoms with Gasteiger partial charge in [-0.3, -0.25) is 0 Å². The van der Waals surface area contributed by atoms with Crippen LogP contribution >= 0.6 is 0 Å². The molecular weight excluding hydrogens is 232 g/mol. The van der Waals surface area contributed by atoms with Gasteiger partial charge in [0.1, 0.15) is 0 Å². The van der Waals surface area contributed by atoms with E-state index in [0.29, 0.717) is 18.1 Å². The van der Waals surface area contributed by atoms with Crippen molar-refractivity contribution in [1.29, 1.82) is 0 Å². The van der Waals surface area contributed by atoms with Gasteiger partial charge in [-0.15, -0.1) is 0 Å². The van der Waals surface area contributed by atoms with Crippen molar-refractivity contribution in [1.82, 2.24) is 0 Å². The first-order chi connectivity index (χ1) is 9.34. The van der Waals surface area contributed by atoms with Gasteiger partial charge in [-0.05, 0) is 41.9 Å². The molecule has 0 unspecified atom stereocenters. The van der Waals surface area contributed by atoms with E-state index >= 15 is 0 Å². The molecule has 100 valence electrons. The third kappa shape index (κ3) is 1.79. The summed E-state index contributed by atoms with van der Waals surface area (Å²) in [6.07, 6.45) is 8.95. The molecule has 3 aliphatic rings. The van der Waals surface area contributed by atoms with E-state index in [9.17, 15) is 0 Å². The molecule has 0 aromatic heterocycles. The van der Waals surface area contributed by atoms with Gasteiger partial charge < -0.3 is 4.74 Å². The molecule has 19 heavy (non-hydrogen) atoms. The van der Waals surface area contributed by atoms with Crippen LogP contribution in [0.2, 0.25) is 0 Å². The molecule has 1 heterocycles. The van der Waals surface area contributed by atoms with E-state index in [2.05, 4.69) is 30.8 Å². The van der Waals surface area contributed by atoms with Crippen LogP contribution in [-0.2, 0) is 4.74 Å². The molecule has 3 atom stereocenters. The summed E-state index contributed by atoms with van der Waals surface area (Å²) < 4.78 is 6.46. The molecule has 0 N–H and O–H groups in total. The van der Waals surface area contributed by atoms with Gasteiger partial charge >= 0.3 is 0 Å². The maximum atomic E-state index is 6.46. The zero-order chi connectivity index (χ0) is 12.8. The largest absolute Gasteiger partial charge is 0.369 e. The normalized spacial score (nSPS) is 34.3. The molecule has 1 aliphatic heterocycles. The van der Waals surface area contributed by atoms with E-state index < -0.39 is 0 Å². The molecule has 4 rings (SSSR count).